The number of halogens is 1. The van der Waals surface area contributed by atoms with Crippen LogP contribution in [0.3, 0.4) is 0 Å². The van der Waals surface area contributed by atoms with Gasteiger partial charge >= 0.3 is 0 Å². The lowest BCUT2D eigenvalue weighted by molar-refractivity contribution is 0.565. The second kappa shape index (κ2) is 8.76. The molecule has 5 rings (SSSR count). The largest absolute Gasteiger partial charge is 0.351 e. The number of anilines is 1. The number of aromatic nitrogens is 2. The van der Waals surface area contributed by atoms with E-state index in [9.17, 15) is 0 Å². The monoisotopic (exact) mass is 516 g/mol. The molecule has 0 spiro atoms. The number of hydrogen-bond acceptors (Lipinski definition) is 2. The second-order valence-electron chi connectivity index (χ2n) is 8.45. The standard InChI is InChI=1S/C27H25BrN4S/c1-17-9-8-10-20(15-17)32-26(25(30-27(32)33)23-12-6-7-14-29-23)21-16-18(2)31(19(21)3)24-13-5-4-11-22(24)28/h4-16,25-26H,1-3H3,(H,30,33)/t25-,26+/m1/s1. The van der Waals surface area contributed by atoms with Crippen LogP contribution in [0, 0.1) is 20.8 Å². The van der Waals surface area contributed by atoms with Crippen LogP contribution in [-0.2, 0) is 0 Å². The van der Waals surface area contributed by atoms with E-state index >= 15 is 0 Å². The van der Waals surface area contributed by atoms with Crippen LogP contribution in [0.5, 0.6) is 0 Å². The normalized spacial score (nSPS) is 17.9. The molecule has 1 aliphatic rings. The molecule has 0 radical (unpaired) electrons. The quantitative estimate of drug-likeness (QED) is 0.304. The van der Waals surface area contributed by atoms with Crippen LogP contribution < -0.4 is 10.2 Å². The molecule has 0 unspecified atom stereocenters. The average molecular weight is 517 g/mol. The first-order chi connectivity index (χ1) is 16.0. The zero-order valence-electron chi connectivity index (χ0n) is 18.8. The van der Waals surface area contributed by atoms with Gasteiger partial charge in [0.15, 0.2) is 5.11 Å². The van der Waals surface area contributed by atoms with Crippen molar-refractivity contribution in [3.8, 4) is 5.69 Å². The number of para-hydroxylation sites is 1. The Labute approximate surface area is 208 Å². The van der Waals surface area contributed by atoms with E-state index in [4.69, 9.17) is 12.2 Å². The van der Waals surface area contributed by atoms with Gasteiger partial charge in [0.2, 0.25) is 0 Å². The van der Waals surface area contributed by atoms with Crippen molar-refractivity contribution in [3.63, 3.8) is 0 Å². The van der Waals surface area contributed by atoms with Gasteiger partial charge in [0.1, 0.15) is 0 Å². The van der Waals surface area contributed by atoms with Gasteiger partial charge in [0, 0.05) is 27.7 Å². The van der Waals surface area contributed by atoms with Crippen LogP contribution in [0.25, 0.3) is 5.69 Å². The third-order valence-corrected chi connectivity index (χ3v) is 7.25. The molecule has 3 heterocycles. The Bertz CT molecular complexity index is 1330. The molecule has 2 atom stereocenters. The van der Waals surface area contributed by atoms with E-state index in [1.807, 2.05) is 24.4 Å². The minimum absolute atomic E-state index is 0.0309. The van der Waals surface area contributed by atoms with Crippen LogP contribution in [0.2, 0.25) is 0 Å². The highest BCUT2D eigenvalue weighted by molar-refractivity contribution is 9.10. The molecule has 0 bridgehead atoms. The summed E-state index contributed by atoms with van der Waals surface area (Å²) in [6.45, 7) is 6.45. The molecule has 33 heavy (non-hydrogen) atoms. The molecule has 1 fully saturated rings. The maximum absolute atomic E-state index is 5.89. The van der Waals surface area contributed by atoms with Crippen LogP contribution in [0.15, 0.2) is 83.5 Å². The molecule has 2 aromatic heterocycles. The van der Waals surface area contributed by atoms with E-state index in [-0.39, 0.29) is 12.1 Å². The Kier molecular flexibility index (Phi) is 5.81. The van der Waals surface area contributed by atoms with E-state index in [1.54, 1.807) is 0 Å². The van der Waals surface area contributed by atoms with Gasteiger partial charge in [-0.25, -0.2) is 0 Å². The third kappa shape index (κ3) is 3.87. The van der Waals surface area contributed by atoms with E-state index in [2.05, 4.69) is 111 Å². The Hall–Kier alpha value is -2.96. The summed E-state index contributed by atoms with van der Waals surface area (Å²) in [6.07, 6.45) is 1.84. The molecular formula is C27H25BrN4S. The molecule has 4 nitrogen and oxygen atoms in total. The number of pyridine rings is 1. The Morgan fingerprint density at radius 3 is 2.45 bits per heavy atom. The van der Waals surface area contributed by atoms with Gasteiger partial charge in [0.25, 0.3) is 0 Å². The summed E-state index contributed by atoms with van der Waals surface area (Å²) in [5, 5.41) is 4.28. The number of benzene rings is 2. The van der Waals surface area contributed by atoms with Crippen molar-refractivity contribution < 1.29 is 0 Å². The summed E-state index contributed by atoms with van der Waals surface area (Å²) >= 11 is 9.62. The van der Waals surface area contributed by atoms with Crippen molar-refractivity contribution in [1.29, 1.82) is 0 Å². The maximum Gasteiger partial charge on any atom is 0.174 e. The summed E-state index contributed by atoms with van der Waals surface area (Å²) < 4.78 is 3.38. The topological polar surface area (TPSA) is 33.1 Å². The van der Waals surface area contributed by atoms with Gasteiger partial charge in [-0.15, -0.1) is 0 Å². The Balaban J connectivity index is 1.70. The highest BCUT2D eigenvalue weighted by Gasteiger charge is 2.42. The molecule has 1 N–H and O–H groups in total. The molecular weight excluding hydrogens is 492 g/mol. The van der Waals surface area contributed by atoms with Gasteiger partial charge in [-0.3, -0.25) is 4.98 Å². The summed E-state index contributed by atoms with van der Waals surface area (Å²) in [6, 6.07) is 25.1. The van der Waals surface area contributed by atoms with E-state index < -0.39 is 0 Å². The summed E-state index contributed by atoms with van der Waals surface area (Å²) in [5.41, 5.74) is 7.99. The predicted octanol–water partition coefficient (Wildman–Crippen LogP) is 6.74. The lowest BCUT2D eigenvalue weighted by Gasteiger charge is -2.28. The highest BCUT2D eigenvalue weighted by atomic mass is 79.9. The molecule has 0 saturated carbocycles. The highest BCUT2D eigenvalue weighted by Crippen LogP contribution is 2.44. The molecule has 4 aromatic rings. The number of hydrogen-bond donors (Lipinski definition) is 1. The van der Waals surface area contributed by atoms with Gasteiger partial charge in [-0.05, 0) is 103 Å². The first kappa shape index (κ1) is 21.9. The first-order valence-electron chi connectivity index (χ1n) is 11.0. The van der Waals surface area contributed by atoms with Crippen LogP contribution in [-0.4, -0.2) is 14.7 Å². The second-order valence-corrected chi connectivity index (χ2v) is 9.69. The van der Waals surface area contributed by atoms with Gasteiger partial charge in [0.05, 0.1) is 23.5 Å². The SMILES string of the molecule is Cc1cccc(N2C(=S)N[C@H](c3ccccn3)[C@@H]2c2cc(C)n(-c3ccccc3Br)c2C)c1. The van der Waals surface area contributed by atoms with Crippen molar-refractivity contribution in [3.05, 3.63) is 112 Å². The fourth-order valence-electron chi connectivity index (χ4n) is 4.82. The molecule has 1 aliphatic heterocycles. The molecule has 0 aliphatic carbocycles. The minimum Gasteiger partial charge on any atom is -0.351 e. The average Bonchev–Trinajstić information content (AvgIpc) is 3.30. The van der Waals surface area contributed by atoms with Crippen LogP contribution in [0.1, 0.15) is 40.3 Å². The van der Waals surface area contributed by atoms with Crippen molar-refractivity contribution >= 4 is 38.9 Å². The summed E-state index contributed by atoms with van der Waals surface area (Å²) in [7, 11) is 0. The lowest BCUT2D eigenvalue weighted by atomic mass is 9.96. The molecule has 1 saturated heterocycles. The number of thiocarbonyl (C=S) groups is 1. The fourth-order valence-corrected chi connectivity index (χ4v) is 5.63. The maximum atomic E-state index is 5.89. The minimum atomic E-state index is -0.0626. The molecule has 2 aromatic carbocycles. The zero-order chi connectivity index (χ0) is 23.1. The number of aryl methyl sites for hydroxylation is 2. The Morgan fingerprint density at radius 2 is 1.73 bits per heavy atom. The summed E-state index contributed by atoms with van der Waals surface area (Å²) in [4.78, 5) is 6.93. The Morgan fingerprint density at radius 1 is 0.939 bits per heavy atom. The van der Waals surface area contributed by atoms with Crippen molar-refractivity contribution in [1.82, 2.24) is 14.9 Å². The number of nitrogens with zero attached hydrogens (tertiary/aromatic N) is 3. The number of rotatable bonds is 4. The van der Waals surface area contributed by atoms with Crippen molar-refractivity contribution in [2.24, 2.45) is 0 Å². The van der Waals surface area contributed by atoms with Crippen molar-refractivity contribution in [2.45, 2.75) is 32.9 Å². The smallest absolute Gasteiger partial charge is 0.174 e. The van der Waals surface area contributed by atoms with Gasteiger partial charge in [-0.1, -0.05) is 30.3 Å². The first-order valence-corrected chi connectivity index (χ1v) is 12.2. The summed E-state index contributed by atoms with van der Waals surface area (Å²) in [5.74, 6) is 0. The third-order valence-electron chi connectivity index (χ3n) is 6.26. The number of nitrogens with one attached hydrogen (secondary N) is 1. The fraction of sp³-hybridized carbons (Fsp3) is 0.185. The van der Waals surface area contributed by atoms with E-state index in [1.165, 1.54) is 22.5 Å². The van der Waals surface area contributed by atoms with Crippen LogP contribution in [0.4, 0.5) is 5.69 Å². The van der Waals surface area contributed by atoms with E-state index in [0.29, 0.717) is 5.11 Å². The van der Waals surface area contributed by atoms with Crippen molar-refractivity contribution in [2.75, 3.05) is 4.90 Å². The molecule has 6 heteroatoms. The van der Waals surface area contributed by atoms with Gasteiger partial charge in [-0.2, -0.15) is 0 Å². The lowest BCUT2D eigenvalue weighted by Crippen LogP contribution is -2.29. The van der Waals surface area contributed by atoms with E-state index in [0.717, 1.165) is 21.5 Å². The zero-order valence-corrected chi connectivity index (χ0v) is 21.2. The molecule has 0 amide bonds. The van der Waals surface area contributed by atoms with Crippen LogP contribution >= 0.6 is 28.1 Å². The predicted molar refractivity (Wildman–Crippen MR) is 142 cm³/mol. The van der Waals surface area contributed by atoms with Gasteiger partial charge < -0.3 is 14.8 Å². The molecule has 166 valence electrons.